The number of nitrogens with one attached hydrogen (secondary N) is 3. The van der Waals surface area contributed by atoms with E-state index in [4.69, 9.17) is 5.10 Å². The molecule has 0 aliphatic rings. The molecule has 0 aliphatic carbocycles. The summed E-state index contributed by atoms with van der Waals surface area (Å²) in [6, 6.07) is 26.0. The molecule has 4 aromatic rings. The molecule has 3 amide bonds. The van der Waals surface area contributed by atoms with E-state index in [0.717, 1.165) is 27.0 Å². The van der Waals surface area contributed by atoms with Crippen molar-refractivity contribution >= 4 is 39.6 Å². The van der Waals surface area contributed by atoms with Crippen LogP contribution >= 0.6 is 15.9 Å². The highest BCUT2D eigenvalue weighted by molar-refractivity contribution is 9.10. The molecule has 4 rings (SSSR count). The Balaban J connectivity index is 1.45. The van der Waals surface area contributed by atoms with E-state index in [9.17, 15) is 9.59 Å². The highest BCUT2D eigenvalue weighted by Gasteiger charge is 2.11. The van der Waals surface area contributed by atoms with Crippen molar-refractivity contribution in [1.82, 2.24) is 20.6 Å². The van der Waals surface area contributed by atoms with Gasteiger partial charge in [-0.2, -0.15) is 5.10 Å². The second-order valence-corrected chi connectivity index (χ2v) is 7.90. The van der Waals surface area contributed by atoms with E-state index >= 15 is 0 Å². The molecule has 0 radical (unpaired) electrons. The van der Waals surface area contributed by atoms with Crippen LogP contribution in [0.25, 0.3) is 23.0 Å². The zero-order chi connectivity index (χ0) is 23.0. The molecular weight excluding hydrogens is 482 g/mol. The molecule has 0 atom stereocenters. The minimum atomic E-state index is -0.555. The number of urea groups is 1. The van der Waals surface area contributed by atoms with Crippen molar-refractivity contribution in [2.75, 3.05) is 5.32 Å². The maximum absolute atomic E-state index is 12.3. The molecule has 0 saturated carbocycles. The van der Waals surface area contributed by atoms with E-state index in [1.165, 1.54) is 6.08 Å². The molecule has 33 heavy (non-hydrogen) atoms. The number of amides is 3. The topological polar surface area (TPSA) is 88.1 Å². The van der Waals surface area contributed by atoms with Crippen LogP contribution in [0, 0.1) is 0 Å². The van der Waals surface area contributed by atoms with Crippen LogP contribution in [0.2, 0.25) is 0 Å². The molecule has 0 saturated heterocycles. The molecule has 1 heterocycles. The lowest BCUT2D eigenvalue weighted by atomic mass is 10.1. The zero-order valence-electron chi connectivity index (χ0n) is 17.4. The van der Waals surface area contributed by atoms with Gasteiger partial charge in [0.05, 0.1) is 11.4 Å². The van der Waals surface area contributed by atoms with Crippen LogP contribution in [0.1, 0.15) is 5.56 Å². The Kier molecular flexibility index (Phi) is 6.96. The Labute approximate surface area is 199 Å². The smallest absolute Gasteiger partial charge is 0.307 e. The van der Waals surface area contributed by atoms with Crippen molar-refractivity contribution in [3.8, 4) is 16.9 Å². The summed E-state index contributed by atoms with van der Waals surface area (Å²) in [5.74, 6) is -0.479. The number of hydrogen-bond donors (Lipinski definition) is 3. The van der Waals surface area contributed by atoms with Crippen molar-refractivity contribution in [3.63, 3.8) is 0 Å². The van der Waals surface area contributed by atoms with Crippen LogP contribution in [-0.2, 0) is 4.79 Å². The zero-order valence-corrected chi connectivity index (χ0v) is 19.0. The van der Waals surface area contributed by atoms with Crippen LogP contribution in [-0.4, -0.2) is 21.7 Å². The van der Waals surface area contributed by atoms with E-state index in [1.54, 1.807) is 35.0 Å². The number of aromatic nitrogens is 2. The van der Waals surface area contributed by atoms with Crippen molar-refractivity contribution in [2.45, 2.75) is 0 Å². The predicted molar refractivity (Wildman–Crippen MR) is 132 cm³/mol. The monoisotopic (exact) mass is 501 g/mol. The average Bonchev–Trinajstić information content (AvgIpc) is 3.28. The summed E-state index contributed by atoms with van der Waals surface area (Å²) in [5.41, 5.74) is 8.62. The Morgan fingerprint density at radius 2 is 1.52 bits per heavy atom. The molecule has 8 heteroatoms. The third kappa shape index (κ3) is 5.96. The Bertz CT molecular complexity index is 1270. The summed E-state index contributed by atoms with van der Waals surface area (Å²) in [4.78, 5) is 24.3. The lowest BCUT2D eigenvalue weighted by molar-refractivity contribution is -0.117. The van der Waals surface area contributed by atoms with Gasteiger partial charge in [0.25, 0.3) is 5.91 Å². The lowest BCUT2D eigenvalue weighted by Crippen LogP contribution is -2.43. The molecule has 0 bridgehead atoms. The van der Waals surface area contributed by atoms with Gasteiger partial charge in [0.2, 0.25) is 0 Å². The van der Waals surface area contributed by atoms with Crippen LogP contribution < -0.4 is 16.2 Å². The van der Waals surface area contributed by atoms with Gasteiger partial charge in [0.15, 0.2) is 0 Å². The van der Waals surface area contributed by atoms with Gasteiger partial charge in [-0.1, -0.05) is 64.5 Å². The van der Waals surface area contributed by atoms with Gasteiger partial charge in [-0.05, 0) is 42.5 Å². The number of halogens is 1. The van der Waals surface area contributed by atoms with E-state index < -0.39 is 11.9 Å². The Hall–Kier alpha value is -4.17. The molecule has 0 spiro atoms. The van der Waals surface area contributed by atoms with E-state index in [2.05, 4.69) is 32.1 Å². The molecule has 7 nitrogen and oxygen atoms in total. The SMILES string of the molecule is O=C(/C=C/c1cn(-c2ccccc2)nc1-c1ccccc1)NNC(=O)Nc1ccc(Br)cc1. The number of rotatable bonds is 5. The van der Waals surface area contributed by atoms with Gasteiger partial charge in [0, 0.05) is 33.6 Å². The van der Waals surface area contributed by atoms with Gasteiger partial charge < -0.3 is 5.32 Å². The summed E-state index contributed by atoms with van der Waals surface area (Å²) in [6.07, 6.45) is 4.87. The second-order valence-electron chi connectivity index (χ2n) is 6.99. The fourth-order valence-electron chi connectivity index (χ4n) is 3.06. The van der Waals surface area contributed by atoms with Crippen LogP contribution in [0.5, 0.6) is 0 Å². The average molecular weight is 502 g/mol. The molecule has 3 N–H and O–H groups in total. The minimum Gasteiger partial charge on any atom is -0.307 e. The van der Waals surface area contributed by atoms with Crippen molar-refractivity contribution < 1.29 is 9.59 Å². The fraction of sp³-hybridized carbons (Fsp3) is 0. The van der Waals surface area contributed by atoms with E-state index in [1.807, 2.05) is 66.9 Å². The fourth-order valence-corrected chi connectivity index (χ4v) is 3.33. The maximum atomic E-state index is 12.3. The van der Waals surface area contributed by atoms with Crippen LogP contribution in [0.4, 0.5) is 10.5 Å². The number of hydrazine groups is 1. The first kappa shape index (κ1) is 22.0. The molecule has 1 aromatic heterocycles. The molecule has 0 unspecified atom stereocenters. The number of hydrogen-bond acceptors (Lipinski definition) is 3. The number of benzene rings is 3. The molecular formula is C25H20BrN5O2. The van der Waals surface area contributed by atoms with Gasteiger partial charge in [-0.25, -0.2) is 14.9 Å². The third-order valence-corrected chi connectivity index (χ3v) is 5.15. The number of anilines is 1. The number of nitrogens with zero attached hydrogens (tertiary/aromatic N) is 2. The lowest BCUT2D eigenvalue weighted by Gasteiger charge is -2.07. The summed E-state index contributed by atoms with van der Waals surface area (Å²) >= 11 is 3.33. The van der Waals surface area contributed by atoms with E-state index in [-0.39, 0.29) is 0 Å². The van der Waals surface area contributed by atoms with Crippen molar-refractivity contribution in [1.29, 1.82) is 0 Å². The number of carbonyl (C=O) groups is 2. The first-order valence-electron chi connectivity index (χ1n) is 10.1. The minimum absolute atomic E-state index is 0.479. The molecule has 3 aromatic carbocycles. The quantitative estimate of drug-likeness (QED) is 0.260. The normalized spacial score (nSPS) is 10.7. The number of para-hydroxylation sites is 1. The Morgan fingerprint density at radius 1 is 0.848 bits per heavy atom. The first-order chi connectivity index (χ1) is 16.1. The van der Waals surface area contributed by atoms with Crippen molar-refractivity contribution in [2.24, 2.45) is 0 Å². The summed E-state index contributed by atoms with van der Waals surface area (Å²) < 4.78 is 2.67. The summed E-state index contributed by atoms with van der Waals surface area (Å²) in [5, 5.41) is 7.33. The summed E-state index contributed by atoms with van der Waals surface area (Å²) in [7, 11) is 0. The van der Waals surface area contributed by atoms with Crippen molar-refractivity contribution in [3.05, 3.63) is 107 Å². The highest BCUT2D eigenvalue weighted by atomic mass is 79.9. The molecule has 164 valence electrons. The predicted octanol–water partition coefficient (Wildman–Crippen LogP) is 5.17. The van der Waals surface area contributed by atoms with Gasteiger partial charge in [-0.3, -0.25) is 10.2 Å². The molecule has 0 fully saturated rings. The summed E-state index contributed by atoms with van der Waals surface area (Å²) in [6.45, 7) is 0. The molecule has 0 aliphatic heterocycles. The van der Waals surface area contributed by atoms with Crippen LogP contribution in [0.15, 0.2) is 102 Å². The second kappa shape index (κ2) is 10.4. The largest absolute Gasteiger partial charge is 0.337 e. The standard InChI is InChI=1S/C25H20BrN5O2/c26-20-12-14-21(15-13-20)27-25(33)29-28-23(32)16-11-19-17-31(22-9-5-2-6-10-22)30-24(19)18-7-3-1-4-8-18/h1-17H,(H,28,32)(H2,27,29,33)/b16-11+. The maximum Gasteiger partial charge on any atom is 0.337 e. The highest BCUT2D eigenvalue weighted by Crippen LogP contribution is 2.24. The number of carbonyl (C=O) groups excluding carboxylic acids is 2. The third-order valence-electron chi connectivity index (χ3n) is 4.63. The van der Waals surface area contributed by atoms with E-state index in [0.29, 0.717) is 5.69 Å². The Morgan fingerprint density at radius 3 is 2.21 bits per heavy atom. The first-order valence-corrected chi connectivity index (χ1v) is 10.9. The van der Waals surface area contributed by atoms with Gasteiger partial charge in [0.1, 0.15) is 0 Å². The van der Waals surface area contributed by atoms with Gasteiger partial charge >= 0.3 is 6.03 Å². The van der Waals surface area contributed by atoms with Gasteiger partial charge in [-0.15, -0.1) is 0 Å². The van der Waals surface area contributed by atoms with Crippen LogP contribution in [0.3, 0.4) is 0 Å².